The highest BCUT2D eigenvalue weighted by Gasteiger charge is 2.49. The zero-order chi connectivity index (χ0) is 32.7. The fraction of sp³-hybridized carbons (Fsp3) is 0.444. The molecule has 1 N–H and O–H groups in total. The number of rotatable bonds is 7. The maximum atomic E-state index is 15.0. The van der Waals surface area contributed by atoms with Gasteiger partial charge in [-0.25, -0.2) is 13.8 Å². The molecule has 9 heteroatoms. The number of carbonyl (C=O) groups excluding carboxylic acids is 3. The molecule has 236 valence electrons. The number of amides is 3. The minimum absolute atomic E-state index is 0.117. The summed E-state index contributed by atoms with van der Waals surface area (Å²) in [5, 5.41) is 2.83. The van der Waals surface area contributed by atoms with E-state index >= 15 is 0 Å². The molecule has 0 spiro atoms. The molecule has 7 nitrogen and oxygen atoms in total. The van der Waals surface area contributed by atoms with Crippen LogP contribution in [0.15, 0.2) is 59.8 Å². The first-order valence-corrected chi connectivity index (χ1v) is 15.4. The molecule has 1 saturated heterocycles. The van der Waals surface area contributed by atoms with Crippen molar-refractivity contribution in [3.63, 3.8) is 0 Å². The Bertz CT molecular complexity index is 1620. The molecule has 2 heterocycles. The smallest absolute Gasteiger partial charge is 0.252 e. The Morgan fingerprint density at radius 3 is 2.53 bits per heavy atom. The standard InChI is InChI=1S/C36H40F2N4O3/c1-7-24-14-15-39-30(18-24)42-29(12-13-31(42)43)34(45)41(27-17-22(2)16-25(19-27)35(4,5)6)32(28-11-9-8-10-23(28)3)33(44)40-26-20-36(37,38)21-26/h1,8,10,14-19,26,29,32H,9,11-13,20-21H2,2-6H3,(H,40,44)/t29-,32-/m0/s1. The largest absolute Gasteiger partial charge is 0.351 e. The van der Waals surface area contributed by atoms with Gasteiger partial charge in [0.1, 0.15) is 17.9 Å². The van der Waals surface area contributed by atoms with Gasteiger partial charge in [0, 0.05) is 42.8 Å². The average Bonchev–Trinajstić information content (AvgIpc) is 3.35. The Kier molecular flexibility index (Phi) is 8.72. The van der Waals surface area contributed by atoms with Crippen molar-refractivity contribution in [2.75, 3.05) is 9.80 Å². The first-order valence-electron chi connectivity index (χ1n) is 15.4. The van der Waals surface area contributed by atoms with Gasteiger partial charge in [-0.3, -0.25) is 24.2 Å². The molecular formula is C36H40F2N4O3. The molecule has 1 saturated carbocycles. The van der Waals surface area contributed by atoms with E-state index in [4.69, 9.17) is 6.42 Å². The number of hydrogen-bond donors (Lipinski definition) is 1. The van der Waals surface area contributed by atoms with Crippen molar-refractivity contribution in [2.45, 2.75) is 103 Å². The first-order chi connectivity index (χ1) is 21.2. The maximum absolute atomic E-state index is 15.0. The zero-order valence-electron chi connectivity index (χ0n) is 26.5. The highest BCUT2D eigenvalue weighted by molar-refractivity contribution is 6.11. The van der Waals surface area contributed by atoms with Crippen LogP contribution in [0.2, 0.25) is 0 Å². The Labute approximate surface area is 263 Å². The van der Waals surface area contributed by atoms with Crippen molar-refractivity contribution in [2.24, 2.45) is 0 Å². The van der Waals surface area contributed by atoms with E-state index in [9.17, 15) is 23.2 Å². The second-order valence-corrected chi connectivity index (χ2v) is 13.4. The number of pyridine rings is 1. The summed E-state index contributed by atoms with van der Waals surface area (Å²) in [5.74, 6) is -1.26. The molecule has 1 aromatic carbocycles. The van der Waals surface area contributed by atoms with E-state index in [2.05, 4.69) is 37.0 Å². The molecule has 2 aliphatic carbocycles. The lowest BCUT2D eigenvalue weighted by Gasteiger charge is -2.40. The lowest BCUT2D eigenvalue weighted by molar-refractivity contribution is -0.132. The van der Waals surface area contributed by atoms with Crippen LogP contribution in [0.25, 0.3) is 0 Å². The van der Waals surface area contributed by atoms with Crippen molar-refractivity contribution < 1.29 is 23.2 Å². The summed E-state index contributed by atoms with van der Waals surface area (Å²) < 4.78 is 27.6. The van der Waals surface area contributed by atoms with E-state index in [0.29, 0.717) is 24.1 Å². The van der Waals surface area contributed by atoms with Crippen molar-refractivity contribution in [3.8, 4) is 12.3 Å². The third-order valence-electron chi connectivity index (χ3n) is 8.83. The van der Waals surface area contributed by atoms with E-state index in [1.165, 1.54) is 16.0 Å². The van der Waals surface area contributed by atoms with E-state index < -0.39 is 48.7 Å². The number of nitrogens with zero attached hydrogens (tertiary/aromatic N) is 3. The Morgan fingerprint density at radius 2 is 1.89 bits per heavy atom. The third kappa shape index (κ3) is 6.70. The zero-order valence-corrected chi connectivity index (χ0v) is 26.5. The van der Waals surface area contributed by atoms with Crippen LogP contribution < -0.4 is 15.1 Å². The quantitative estimate of drug-likeness (QED) is 0.380. The number of benzene rings is 1. The molecule has 1 aliphatic heterocycles. The van der Waals surface area contributed by atoms with Gasteiger partial charge in [0.2, 0.25) is 11.8 Å². The number of aryl methyl sites for hydroxylation is 1. The number of alkyl halides is 2. The van der Waals surface area contributed by atoms with Gasteiger partial charge in [0.25, 0.3) is 11.8 Å². The monoisotopic (exact) mass is 614 g/mol. The summed E-state index contributed by atoms with van der Waals surface area (Å²) in [5.41, 5.74) is 4.17. The van der Waals surface area contributed by atoms with Crippen molar-refractivity contribution in [1.29, 1.82) is 0 Å². The molecule has 0 radical (unpaired) electrons. The number of carbonyl (C=O) groups is 3. The summed E-state index contributed by atoms with van der Waals surface area (Å²) in [6, 6.07) is 6.28. The number of hydrogen-bond acceptors (Lipinski definition) is 4. The lowest BCUT2D eigenvalue weighted by atomic mass is 9.84. The second kappa shape index (κ2) is 12.2. The van der Waals surface area contributed by atoms with E-state index in [1.807, 2.05) is 44.2 Å². The predicted molar refractivity (Wildman–Crippen MR) is 171 cm³/mol. The van der Waals surface area contributed by atoms with Crippen LogP contribution in [-0.2, 0) is 19.8 Å². The number of halogens is 2. The Balaban J connectivity index is 1.67. The third-order valence-corrected chi connectivity index (χ3v) is 8.83. The van der Waals surface area contributed by atoms with Crippen LogP contribution in [0.1, 0.15) is 82.9 Å². The van der Waals surface area contributed by atoms with Crippen molar-refractivity contribution in [3.05, 3.63) is 76.5 Å². The summed E-state index contributed by atoms with van der Waals surface area (Å²) in [7, 11) is 0. The van der Waals surface area contributed by atoms with Crippen LogP contribution in [-0.4, -0.2) is 46.8 Å². The van der Waals surface area contributed by atoms with Crippen LogP contribution in [0, 0.1) is 19.3 Å². The molecule has 2 aromatic rings. The number of aromatic nitrogens is 1. The van der Waals surface area contributed by atoms with E-state index in [-0.39, 0.29) is 30.0 Å². The topological polar surface area (TPSA) is 82.6 Å². The molecule has 0 bridgehead atoms. The molecule has 3 aliphatic rings. The van der Waals surface area contributed by atoms with Gasteiger partial charge in [-0.2, -0.15) is 0 Å². The molecule has 2 atom stereocenters. The van der Waals surface area contributed by atoms with Gasteiger partial charge in [0.05, 0.1) is 0 Å². The molecule has 5 rings (SSSR count). The SMILES string of the molecule is C#Cc1ccnc(N2C(=O)CC[C@H]2C(=O)N(c2cc(C)cc(C(C)(C)C)c2)[C@H](C(=O)NC2CC(F)(F)C2)C2=C(C)C=CCC2)c1. The van der Waals surface area contributed by atoms with Gasteiger partial charge >= 0.3 is 0 Å². The van der Waals surface area contributed by atoms with Crippen LogP contribution in [0.4, 0.5) is 20.3 Å². The Hall–Kier alpha value is -4.32. The molecule has 45 heavy (non-hydrogen) atoms. The van der Waals surface area contributed by atoms with Crippen LogP contribution >= 0.6 is 0 Å². The van der Waals surface area contributed by atoms with E-state index in [0.717, 1.165) is 22.3 Å². The normalized spacial score (nSPS) is 20.4. The summed E-state index contributed by atoms with van der Waals surface area (Å²) in [6.45, 7) is 10.0. The molecule has 1 aromatic heterocycles. The average molecular weight is 615 g/mol. The van der Waals surface area contributed by atoms with Crippen LogP contribution in [0.5, 0.6) is 0 Å². The van der Waals surface area contributed by atoms with Crippen LogP contribution in [0.3, 0.4) is 0 Å². The number of terminal acetylenes is 1. The minimum Gasteiger partial charge on any atom is -0.351 e. The number of anilines is 2. The molecule has 2 fully saturated rings. The molecular weight excluding hydrogens is 574 g/mol. The minimum atomic E-state index is -2.82. The fourth-order valence-electron chi connectivity index (χ4n) is 6.37. The van der Waals surface area contributed by atoms with Gasteiger partial charge < -0.3 is 5.32 Å². The highest BCUT2D eigenvalue weighted by atomic mass is 19.3. The molecule has 3 amide bonds. The summed E-state index contributed by atoms with van der Waals surface area (Å²) in [6.07, 6.45) is 11.7. The highest BCUT2D eigenvalue weighted by Crippen LogP contribution is 2.39. The lowest BCUT2D eigenvalue weighted by Crippen LogP contribution is -2.60. The number of nitrogens with one attached hydrogen (secondary N) is 1. The van der Waals surface area contributed by atoms with E-state index in [1.54, 1.807) is 12.1 Å². The first kappa shape index (κ1) is 32.1. The fourth-order valence-corrected chi connectivity index (χ4v) is 6.37. The van der Waals surface area contributed by atoms with Gasteiger partial charge in [-0.05, 0) is 85.1 Å². The summed E-state index contributed by atoms with van der Waals surface area (Å²) >= 11 is 0. The van der Waals surface area contributed by atoms with Gasteiger partial charge in [-0.1, -0.05) is 44.9 Å². The van der Waals surface area contributed by atoms with Gasteiger partial charge in [-0.15, -0.1) is 6.42 Å². The van der Waals surface area contributed by atoms with Crippen molar-refractivity contribution in [1.82, 2.24) is 10.3 Å². The number of allylic oxidation sites excluding steroid dienone is 3. The second-order valence-electron chi connectivity index (χ2n) is 13.4. The predicted octanol–water partition coefficient (Wildman–Crippen LogP) is 6.15. The Morgan fingerprint density at radius 1 is 1.16 bits per heavy atom. The van der Waals surface area contributed by atoms with Gasteiger partial charge in [0.15, 0.2) is 0 Å². The summed E-state index contributed by atoms with van der Waals surface area (Å²) in [4.78, 5) is 49.8. The molecule has 0 unspecified atom stereocenters. The van der Waals surface area contributed by atoms with Crippen molar-refractivity contribution >= 4 is 29.2 Å². The maximum Gasteiger partial charge on any atom is 0.252 e.